The van der Waals surface area contributed by atoms with Crippen molar-refractivity contribution in [2.75, 3.05) is 7.11 Å². The SMILES string of the molecule is COc1ccc2c(c1)c(C(=O)c1nc3ncccc3o1)cn2Cc1ccc(Cl)cc1. The van der Waals surface area contributed by atoms with Gasteiger partial charge in [-0.1, -0.05) is 23.7 Å². The third-order valence-electron chi connectivity index (χ3n) is 4.96. The van der Waals surface area contributed by atoms with Crippen LogP contribution in [0, 0.1) is 0 Å². The molecular weight excluding hydrogens is 402 g/mol. The third kappa shape index (κ3) is 3.21. The first-order chi connectivity index (χ1) is 14.6. The lowest BCUT2D eigenvalue weighted by molar-refractivity contribution is 0.101. The van der Waals surface area contributed by atoms with Gasteiger partial charge in [-0.25, -0.2) is 4.98 Å². The van der Waals surface area contributed by atoms with E-state index in [9.17, 15) is 4.79 Å². The van der Waals surface area contributed by atoms with Crippen LogP contribution in [0.1, 0.15) is 21.8 Å². The number of hydrogen-bond acceptors (Lipinski definition) is 5. The summed E-state index contributed by atoms with van der Waals surface area (Å²) < 4.78 is 13.0. The van der Waals surface area contributed by atoms with Gasteiger partial charge in [-0.3, -0.25) is 4.79 Å². The van der Waals surface area contributed by atoms with Crippen molar-refractivity contribution < 1.29 is 13.9 Å². The molecule has 7 heteroatoms. The summed E-state index contributed by atoms with van der Waals surface area (Å²) in [6.07, 6.45) is 3.44. The number of nitrogens with zero attached hydrogens (tertiary/aromatic N) is 3. The van der Waals surface area contributed by atoms with Crippen LogP contribution in [0.5, 0.6) is 5.75 Å². The van der Waals surface area contributed by atoms with Gasteiger partial charge in [0.05, 0.1) is 12.7 Å². The van der Waals surface area contributed by atoms with Crippen molar-refractivity contribution in [2.24, 2.45) is 0 Å². The molecule has 0 amide bonds. The maximum atomic E-state index is 13.3. The van der Waals surface area contributed by atoms with Gasteiger partial charge in [-0.05, 0) is 48.0 Å². The number of aromatic nitrogens is 3. The smallest absolute Gasteiger partial charge is 0.271 e. The standard InChI is InChI=1S/C23H16ClN3O3/c1-29-16-8-9-19-17(11-16)18(13-27(19)12-14-4-6-15(24)7-5-14)21(28)23-26-22-20(30-23)3-2-10-25-22/h2-11,13H,12H2,1H3. The molecule has 0 N–H and O–H groups in total. The fraction of sp³-hybridized carbons (Fsp3) is 0.0870. The van der Waals surface area contributed by atoms with Gasteiger partial charge in [0.2, 0.25) is 5.78 Å². The Labute approximate surface area is 176 Å². The zero-order chi connectivity index (χ0) is 20.7. The highest BCUT2D eigenvalue weighted by molar-refractivity contribution is 6.30. The van der Waals surface area contributed by atoms with Crippen molar-refractivity contribution in [2.45, 2.75) is 6.54 Å². The number of oxazole rings is 1. The topological polar surface area (TPSA) is 70.2 Å². The van der Waals surface area contributed by atoms with E-state index in [0.29, 0.717) is 34.1 Å². The van der Waals surface area contributed by atoms with Crippen molar-refractivity contribution in [3.63, 3.8) is 0 Å². The lowest BCUT2D eigenvalue weighted by Crippen LogP contribution is -2.02. The van der Waals surface area contributed by atoms with Gasteiger partial charge in [-0.2, -0.15) is 4.98 Å². The van der Waals surface area contributed by atoms with Gasteiger partial charge in [0.15, 0.2) is 11.2 Å². The third-order valence-corrected chi connectivity index (χ3v) is 5.21. The van der Waals surface area contributed by atoms with E-state index in [2.05, 4.69) is 9.97 Å². The summed E-state index contributed by atoms with van der Waals surface area (Å²) in [7, 11) is 1.60. The molecule has 0 atom stereocenters. The number of carbonyl (C=O) groups excluding carboxylic acids is 1. The molecule has 5 aromatic rings. The largest absolute Gasteiger partial charge is 0.497 e. The maximum absolute atomic E-state index is 13.3. The number of hydrogen-bond donors (Lipinski definition) is 0. The molecule has 3 heterocycles. The Hall–Kier alpha value is -3.64. The van der Waals surface area contributed by atoms with Gasteiger partial charge in [-0.15, -0.1) is 0 Å². The first-order valence-electron chi connectivity index (χ1n) is 9.30. The molecule has 0 radical (unpaired) electrons. The second-order valence-corrected chi connectivity index (χ2v) is 7.29. The Morgan fingerprint density at radius 2 is 2.00 bits per heavy atom. The maximum Gasteiger partial charge on any atom is 0.271 e. The Balaban J connectivity index is 1.62. The van der Waals surface area contributed by atoms with Crippen LogP contribution in [-0.4, -0.2) is 27.4 Å². The van der Waals surface area contributed by atoms with E-state index in [-0.39, 0.29) is 11.7 Å². The average molecular weight is 418 g/mol. The monoisotopic (exact) mass is 417 g/mol. The summed E-state index contributed by atoms with van der Waals surface area (Å²) in [5.41, 5.74) is 3.34. The molecule has 0 saturated carbocycles. The number of ketones is 1. The highest BCUT2D eigenvalue weighted by Crippen LogP contribution is 2.29. The normalized spacial score (nSPS) is 11.3. The summed E-state index contributed by atoms with van der Waals surface area (Å²) in [6, 6.07) is 16.8. The molecular formula is C23H16ClN3O3. The molecule has 5 rings (SSSR count). The molecule has 3 aromatic heterocycles. The van der Waals surface area contributed by atoms with Crippen molar-refractivity contribution >= 4 is 39.5 Å². The lowest BCUT2D eigenvalue weighted by atomic mass is 10.1. The zero-order valence-electron chi connectivity index (χ0n) is 16.0. The van der Waals surface area contributed by atoms with Crippen LogP contribution < -0.4 is 4.74 Å². The highest BCUT2D eigenvalue weighted by atomic mass is 35.5. The second-order valence-electron chi connectivity index (χ2n) is 6.85. The molecule has 0 aliphatic rings. The van der Waals surface area contributed by atoms with Crippen LogP contribution in [0.4, 0.5) is 0 Å². The predicted molar refractivity (Wildman–Crippen MR) is 114 cm³/mol. The van der Waals surface area contributed by atoms with Crippen LogP contribution in [0.2, 0.25) is 5.02 Å². The van der Waals surface area contributed by atoms with Crippen LogP contribution in [-0.2, 0) is 6.54 Å². The Kier molecular flexibility index (Phi) is 4.48. The molecule has 0 aliphatic carbocycles. The number of methoxy groups -OCH3 is 1. The van der Waals surface area contributed by atoms with E-state index in [0.717, 1.165) is 16.5 Å². The Morgan fingerprint density at radius 1 is 1.17 bits per heavy atom. The van der Waals surface area contributed by atoms with E-state index < -0.39 is 0 Å². The number of ether oxygens (including phenoxy) is 1. The molecule has 0 fully saturated rings. The molecule has 6 nitrogen and oxygen atoms in total. The van der Waals surface area contributed by atoms with Crippen molar-refractivity contribution in [3.05, 3.63) is 89.0 Å². The van der Waals surface area contributed by atoms with E-state index in [1.807, 2.05) is 53.2 Å². The minimum Gasteiger partial charge on any atom is -0.497 e. The summed E-state index contributed by atoms with van der Waals surface area (Å²) in [6.45, 7) is 0.586. The molecule has 0 unspecified atom stereocenters. The fourth-order valence-corrected chi connectivity index (χ4v) is 3.61. The zero-order valence-corrected chi connectivity index (χ0v) is 16.8. The number of benzene rings is 2. The van der Waals surface area contributed by atoms with Gasteiger partial charge in [0.25, 0.3) is 5.89 Å². The fourth-order valence-electron chi connectivity index (χ4n) is 3.48. The number of rotatable bonds is 5. The van der Waals surface area contributed by atoms with E-state index in [4.69, 9.17) is 20.8 Å². The van der Waals surface area contributed by atoms with Crippen LogP contribution in [0.15, 0.2) is 71.4 Å². The quantitative estimate of drug-likeness (QED) is 0.371. The van der Waals surface area contributed by atoms with Crippen molar-refractivity contribution in [1.29, 1.82) is 0 Å². The minimum atomic E-state index is -0.305. The van der Waals surface area contributed by atoms with Crippen molar-refractivity contribution in [1.82, 2.24) is 14.5 Å². The molecule has 0 bridgehead atoms. The number of halogens is 1. The van der Waals surface area contributed by atoms with Gasteiger partial charge in [0.1, 0.15) is 5.75 Å². The number of fused-ring (bicyclic) bond motifs is 2. The second kappa shape index (κ2) is 7.31. The van der Waals surface area contributed by atoms with Gasteiger partial charge < -0.3 is 13.7 Å². The summed E-state index contributed by atoms with van der Waals surface area (Å²) in [5.74, 6) is 0.373. The summed E-state index contributed by atoms with van der Waals surface area (Å²) in [4.78, 5) is 21.7. The van der Waals surface area contributed by atoms with E-state index in [1.54, 1.807) is 25.4 Å². The van der Waals surface area contributed by atoms with Crippen LogP contribution in [0.3, 0.4) is 0 Å². The summed E-state index contributed by atoms with van der Waals surface area (Å²) >= 11 is 6.00. The van der Waals surface area contributed by atoms with Gasteiger partial charge >= 0.3 is 0 Å². The number of pyridine rings is 1. The Morgan fingerprint density at radius 3 is 2.77 bits per heavy atom. The first kappa shape index (κ1) is 18.4. The van der Waals surface area contributed by atoms with Crippen molar-refractivity contribution in [3.8, 4) is 5.75 Å². The highest BCUT2D eigenvalue weighted by Gasteiger charge is 2.22. The molecule has 0 spiro atoms. The molecule has 2 aromatic carbocycles. The predicted octanol–water partition coefficient (Wildman–Crippen LogP) is 5.12. The van der Waals surface area contributed by atoms with E-state index in [1.165, 1.54) is 0 Å². The van der Waals surface area contributed by atoms with Gasteiger partial charge in [0, 0.05) is 34.9 Å². The molecule has 148 valence electrons. The van der Waals surface area contributed by atoms with Crippen LogP contribution >= 0.6 is 11.6 Å². The summed E-state index contributed by atoms with van der Waals surface area (Å²) in [5, 5.41) is 1.45. The number of carbonyl (C=O) groups is 1. The molecule has 30 heavy (non-hydrogen) atoms. The minimum absolute atomic E-state index is 0.0112. The first-order valence-corrected chi connectivity index (χ1v) is 9.68. The molecule has 0 aliphatic heterocycles. The van der Waals surface area contributed by atoms with E-state index >= 15 is 0 Å². The molecule has 0 saturated heterocycles. The average Bonchev–Trinajstić information content (AvgIpc) is 3.36. The van der Waals surface area contributed by atoms with Crippen LogP contribution in [0.25, 0.3) is 22.1 Å². The Bertz CT molecular complexity index is 1350. The lowest BCUT2D eigenvalue weighted by Gasteiger charge is -2.06.